The Morgan fingerprint density at radius 1 is 1.16 bits per heavy atom. The molecule has 0 amide bonds. The van der Waals surface area contributed by atoms with E-state index in [2.05, 4.69) is 59.1 Å². The number of para-hydroxylation sites is 1. The third-order valence-corrected chi connectivity index (χ3v) is 3.79. The highest BCUT2D eigenvalue weighted by Crippen LogP contribution is 2.20. The summed E-state index contributed by atoms with van der Waals surface area (Å²) >= 11 is 0. The van der Waals surface area contributed by atoms with Gasteiger partial charge in [-0.2, -0.15) is 0 Å². The molecule has 0 saturated heterocycles. The van der Waals surface area contributed by atoms with Gasteiger partial charge in [-0.1, -0.05) is 32.0 Å². The van der Waals surface area contributed by atoms with E-state index in [1.165, 1.54) is 16.5 Å². The molecule has 2 aromatic rings. The molecular weight excluding hydrogens is 234 g/mol. The summed E-state index contributed by atoms with van der Waals surface area (Å²) in [5.41, 5.74) is 2.76. The molecule has 0 aliphatic rings. The van der Waals surface area contributed by atoms with Crippen molar-refractivity contribution in [2.45, 2.75) is 26.9 Å². The Morgan fingerprint density at radius 2 is 1.95 bits per heavy atom. The largest absolute Gasteiger partial charge is 0.346 e. The molecule has 2 rings (SSSR count). The average molecular weight is 259 g/mol. The van der Waals surface area contributed by atoms with Crippen LogP contribution in [-0.4, -0.2) is 36.1 Å². The van der Waals surface area contributed by atoms with Crippen molar-refractivity contribution in [1.82, 2.24) is 14.8 Å². The molecule has 0 atom stereocenters. The number of nitrogens with one attached hydrogen (secondary N) is 1. The first-order valence-corrected chi connectivity index (χ1v) is 7.23. The van der Waals surface area contributed by atoms with Crippen molar-refractivity contribution in [3.05, 3.63) is 36.0 Å². The van der Waals surface area contributed by atoms with Crippen LogP contribution in [0, 0.1) is 0 Å². The lowest BCUT2D eigenvalue weighted by molar-refractivity contribution is 0.292. The van der Waals surface area contributed by atoms with Crippen molar-refractivity contribution < 1.29 is 0 Å². The zero-order valence-corrected chi connectivity index (χ0v) is 12.3. The lowest BCUT2D eigenvalue weighted by Crippen LogP contribution is -2.27. The lowest BCUT2D eigenvalue weighted by atomic mass is 10.1. The first kappa shape index (κ1) is 14.1. The van der Waals surface area contributed by atoms with Crippen molar-refractivity contribution in [2.24, 2.45) is 0 Å². The fraction of sp³-hybridized carbons (Fsp3) is 0.500. The SMILES string of the molecule is CCN(CC)CCn1ccc2cccc(CNC)c21. The molecule has 3 heteroatoms. The second-order valence-electron chi connectivity index (χ2n) is 4.92. The molecule has 0 saturated carbocycles. The van der Waals surface area contributed by atoms with Crippen molar-refractivity contribution in [2.75, 3.05) is 26.7 Å². The first-order chi connectivity index (χ1) is 9.30. The summed E-state index contributed by atoms with van der Waals surface area (Å²) in [5, 5.41) is 4.60. The van der Waals surface area contributed by atoms with Crippen LogP contribution in [0.25, 0.3) is 10.9 Å². The molecule has 1 heterocycles. The van der Waals surface area contributed by atoms with Crippen molar-refractivity contribution in [3.8, 4) is 0 Å². The van der Waals surface area contributed by atoms with Gasteiger partial charge in [0.15, 0.2) is 0 Å². The second kappa shape index (κ2) is 6.73. The van der Waals surface area contributed by atoms with E-state index in [1.54, 1.807) is 0 Å². The topological polar surface area (TPSA) is 20.2 Å². The van der Waals surface area contributed by atoms with Gasteiger partial charge in [-0.15, -0.1) is 0 Å². The van der Waals surface area contributed by atoms with Crippen LogP contribution in [0.2, 0.25) is 0 Å². The van der Waals surface area contributed by atoms with Crippen LogP contribution in [0.4, 0.5) is 0 Å². The Kier molecular flexibility index (Phi) is 5.00. The number of likely N-dealkylation sites (N-methyl/N-ethyl adjacent to an activating group) is 1. The summed E-state index contributed by atoms with van der Waals surface area (Å²) in [6.07, 6.45) is 2.22. The highest BCUT2D eigenvalue weighted by Gasteiger charge is 2.07. The maximum atomic E-state index is 3.26. The number of hydrogen-bond acceptors (Lipinski definition) is 2. The van der Waals surface area contributed by atoms with Gasteiger partial charge in [0.25, 0.3) is 0 Å². The molecule has 0 radical (unpaired) electrons. The average Bonchev–Trinajstić information content (AvgIpc) is 2.85. The third kappa shape index (κ3) is 3.17. The van der Waals surface area contributed by atoms with Crippen LogP contribution in [0.1, 0.15) is 19.4 Å². The van der Waals surface area contributed by atoms with Crippen molar-refractivity contribution in [1.29, 1.82) is 0 Å². The van der Waals surface area contributed by atoms with Gasteiger partial charge in [0.05, 0.1) is 5.52 Å². The minimum Gasteiger partial charge on any atom is -0.346 e. The maximum absolute atomic E-state index is 3.26. The summed E-state index contributed by atoms with van der Waals surface area (Å²) in [4.78, 5) is 2.46. The summed E-state index contributed by atoms with van der Waals surface area (Å²) < 4.78 is 2.39. The van der Waals surface area contributed by atoms with Gasteiger partial charge in [0.1, 0.15) is 0 Å². The zero-order chi connectivity index (χ0) is 13.7. The maximum Gasteiger partial charge on any atom is 0.0526 e. The summed E-state index contributed by atoms with van der Waals surface area (Å²) in [5.74, 6) is 0. The van der Waals surface area contributed by atoms with E-state index in [9.17, 15) is 0 Å². The van der Waals surface area contributed by atoms with Crippen molar-refractivity contribution >= 4 is 10.9 Å². The Balaban J connectivity index is 2.23. The fourth-order valence-corrected chi connectivity index (χ4v) is 2.65. The molecule has 104 valence electrons. The third-order valence-electron chi connectivity index (χ3n) is 3.79. The van der Waals surface area contributed by atoms with Crippen LogP contribution in [0.3, 0.4) is 0 Å². The minimum atomic E-state index is 0.923. The predicted octanol–water partition coefficient (Wildman–Crippen LogP) is 2.70. The normalized spacial score (nSPS) is 11.6. The van der Waals surface area contributed by atoms with E-state index in [0.29, 0.717) is 0 Å². The van der Waals surface area contributed by atoms with E-state index < -0.39 is 0 Å². The van der Waals surface area contributed by atoms with E-state index in [4.69, 9.17) is 0 Å². The summed E-state index contributed by atoms with van der Waals surface area (Å²) in [6, 6.07) is 8.77. The predicted molar refractivity (Wildman–Crippen MR) is 82.5 cm³/mol. The number of hydrogen-bond donors (Lipinski definition) is 1. The number of nitrogens with zero attached hydrogens (tertiary/aromatic N) is 2. The lowest BCUT2D eigenvalue weighted by Gasteiger charge is -2.19. The van der Waals surface area contributed by atoms with E-state index in [-0.39, 0.29) is 0 Å². The second-order valence-corrected chi connectivity index (χ2v) is 4.92. The number of benzene rings is 1. The molecule has 1 N–H and O–H groups in total. The van der Waals surface area contributed by atoms with Gasteiger partial charge in [0, 0.05) is 25.8 Å². The molecule has 0 spiro atoms. The van der Waals surface area contributed by atoms with Crippen LogP contribution >= 0.6 is 0 Å². The van der Waals surface area contributed by atoms with Crippen molar-refractivity contribution in [3.63, 3.8) is 0 Å². The monoisotopic (exact) mass is 259 g/mol. The zero-order valence-electron chi connectivity index (χ0n) is 12.3. The number of aromatic nitrogens is 1. The first-order valence-electron chi connectivity index (χ1n) is 7.23. The van der Waals surface area contributed by atoms with Crippen LogP contribution in [0.5, 0.6) is 0 Å². The molecule has 3 nitrogen and oxygen atoms in total. The van der Waals surface area contributed by atoms with Gasteiger partial charge in [-0.05, 0) is 37.2 Å². The van der Waals surface area contributed by atoms with E-state index >= 15 is 0 Å². The minimum absolute atomic E-state index is 0.923. The van der Waals surface area contributed by atoms with Crippen LogP contribution in [0.15, 0.2) is 30.5 Å². The van der Waals surface area contributed by atoms with Gasteiger partial charge < -0.3 is 14.8 Å². The number of fused-ring (bicyclic) bond motifs is 1. The smallest absolute Gasteiger partial charge is 0.0526 e. The van der Waals surface area contributed by atoms with Crippen LogP contribution in [-0.2, 0) is 13.1 Å². The Bertz CT molecular complexity index is 512. The quantitative estimate of drug-likeness (QED) is 0.825. The molecule has 0 fully saturated rings. The highest BCUT2D eigenvalue weighted by atomic mass is 15.1. The van der Waals surface area contributed by atoms with Gasteiger partial charge in [0.2, 0.25) is 0 Å². The molecule has 19 heavy (non-hydrogen) atoms. The van der Waals surface area contributed by atoms with E-state index in [1.807, 2.05) is 7.05 Å². The van der Waals surface area contributed by atoms with Gasteiger partial charge in [-0.3, -0.25) is 0 Å². The Morgan fingerprint density at radius 3 is 2.63 bits per heavy atom. The van der Waals surface area contributed by atoms with E-state index in [0.717, 1.165) is 32.7 Å². The standard InChI is InChI=1S/C16H25N3/c1-4-18(5-2)11-12-19-10-9-14-7-6-8-15(13-17-3)16(14)19/h6-10,17H,4-5,11-13H2,1-3H3. The molecular formula is C16H25N3. The molecule has 0 bridgehead atoms. The summed E-state index contributed by atoms with van der Waals surface area (Å²) in [7, 11) is 2.00. The van der Waals surface area contributed by atoms with Gasteiger partial charge in [-0.25, -0.2) is 0 Å². The molecule has 0 unspecified atom stereocenters. The number of rotatable bonds is 7. The molecule has 0 aliphatic carbocycles. The summed E-state index contributed by atoms with van der Waals surface area (Å²) in [6.45, 7) is 9.80. The highest BCUT2D eigenvalue weighted by molar-refractivity contribution is 5.83. The molecule has 1 aromatic carbocycles. The molecule has 1 aromatic heterocycles. The van der Waals surface area contributed by atoms with Gasteiger partial charge >= 0.3 is 0 Å². The van der Waals surface area contributed by atoms with Crippen LogP contribution < -0.4 is 5.32 Å². The Labute approximate surface area is 116 Å². The Hall–Kier alpha value is -1.32. The fourth-order valence-electron chi connectivity index (χ4n) is 2.65. The molecule has 0 aliphatic heterocycles.